The first-order valence-electron chi connectivity index (χ1n) is 12.3. The molecule has 2 aromatic carbocycles. The number of aryl methyl sites for hydroxylation is 1. The van der Waals surface area contributed by atoms with Gasteiger partial charge in [0.15, 0.2) is 11.5 Å². The number of nitrogens with one attached hydrogen (secondary N) is 1. The molecule has 5 rings (SSSR count). The second-order valence-electron chi connectivity index (χ2n) is 9.47. The van der Waals surface area contributed by atoms with Gasteiger partial charge in [0.05, 0.1) is 31.6 Å². The van der Waals surface area contributed by atoms with Gasteiger partial charge in [-0.2, -0.15) is 0 Å². The average molecular weight is 471 g/mol. The van der Waals surface area contributed by atoms with Crippen LogP contribution in [0.15, 0.2) is 54.7 Å². The molecule has 0 aliphatic carbocycles. The summed E-state index contributed by atoms with van der Waals surface area (Å²) in [7, 11) is 3.31. The lowest BCUT2D eigenvalue weighted by molar-refractivity contribution is 0.209. The van der Waals surface area contributed by atoms with Crippen LogP contribution in [0.1, 0.15) is 19.4 Å². The summed E-state index contributed by atoms with van der Waals surface area (Å²) in [6.45, 7) is 11.1. The fraction of sp³-hybridized carbons (Fsp3) is 0.345. The van der Waals surface area contributed by atoms with Crippen LogP contribution in [-0.2, 0) is 0 Å². The van der Waals surface area contributed by atoms with E-state index in [1.54, 1.807) is 14.2 Å². The maximum Gasteiger partial charge on any atom is 0.161 e. The van der Waals surface area contributed by atoms with Gasteiger partial charge in [-0.05, 0) is 62.7 Å². The minimum absolute atomic E-state index is 0.615. The minimum Gasteiger partial charge on any atom is -0.493 e. The number of anilines is 1. The number of benzene rings is 2. The van der Waals surface area contributed by atoms with Crippen molar-refractivity contribution in [1.29, 1.82) is 0 Å². The summed E-state index contributed by atoms with van der Waals surface area (Å²) >= 11 is 0. The van der Waals surface area contributed by atoms with Gasteiger partial charge in [0.2, 0.25) is 0 Å². The summed E-state index contributed by atoms with van der Waals surface area (Å²) in [4.78, 5) is 13.3. The Kier molecular flexibility index (Phi) is 6.39. The largest absolute Gasteiger partial charge is 0.493 e. The average Bonchev–Trinajstić information content (AvgIpc) is 3.24. The molecule has 35 heavy (non-hydrogen) atoms. The summed E-state index contributed by atoms with van der Waals surface area (Å²) in [6, 6.07) is 17.6. The Morgan fingerprint density at radius 3 is 2.20 bits per heavy atom. The molecule has 6 nitrogen and oxygen atoms in total. The van der Waals surface area contributed by atoms with Gasteiger partial charge >= 0.3 is 0 Å². The van der Waals surface area contributed by atoms with E-state index in [4.69, 9.17) is 14.5 Å². The summed E-state index contributed by atoms with van der Waals surface area (Å²) in [5, 5.41) is 1.17. The van der Waals surface area contributed by atoms with Crippen LogP contribution in [0.5, 0.6) is 11.5 Å². The number of pyridine rings is 1. The third-order valence-electron chi connectivity index (χ3n) is 7.19. The highest BCUT2D eigenvalue weighted by molar-refractivity contribution is 5.92. The predicted molar refractivity (Wildman–Crippen MR) is 144 cm³/mol. The molecule has 1 aliphatic heterocycles. The Balaban J connectivity index is 1.40. The van der Waals surface area contributed by atoms with Gasteiger partial charge in [-0.1, -0.05) is 12.1 Å². The van der Waals surface area contributed by atoms with Crippen LogP contribution in [0.2, 0.25) is 0 Å². The van der Waals surface area contributed by atoms with Crippen LogP contribution in [0.25, 0.3) is 33.4 Å². The van der Waals surface area contributed by atoms with Crippen LogP contribution < -0.4 is 14.4 Å². The van der Waals surface area contributed by atoms with Crippen molar-refractivity contribution in [3.8, 4) is 34.0 Å². The molecule has 0 saturated carbocycles. The summed E-state index contributed by atoms with van der Waals surface area (Å²) in [5.74, 6) is 1.44. The van der Waals surface area contributed by atoms with Crippen molar-refractivity contribution in [1.82, 2.24) is 14.9 Å². The molecule has 0 atom stereocenters. The number of aromatic nitrogens is 2. The molecule has 6 heteroatoms. The molecule has 182 valence electrons. The predicted octanol–water partition coefficient (Wildman–Crippen LogP) is 5.75. The lowest BCUT2D eigenvalue weighted by Crippen LogP contribution is -2.48. The smallest absolute Gasteiger partial charge is 0.161 e. The molecule has 0 spiro atoms. The van der Waals surface area contributed by atoms with E-state index in [1.807, 2.05) is 24.4 Å². The molecule has 0 bridgehead atoms. The topological polar surface area (TPSA) is 53.6 Å². The standard InChI is InChI=1S/C29H34N4O2/c1-19(2)32-12-14-33(15-13-32)23-9-6-21(7-10-23)25-17-24-20(3)29(31-26(24)18-30-25)22-8-11-27(34-4)28(16-22)35-5/h6-11,16-19,31H,12-15H2,1-5H3. The Bertz CT molecular complexity index is 1320. The van der Waals surface area contributed by atoms with Gasteiger partial charge in [0, 0.05) is 60.1 Å². The van der Waals surface area contributed by atoms with Crippen molar-refractivity contribution in [2.45, 2.75) is 26.8 Å². The number of ether oxygens (including phenoxy) is 2. The second kappa shape index (κ2) is 9.62. The lowest BCUT2D eigenvalue weighted by Gasteiger charge is -2.38. The second-order valence-corrected chi connectivity index (χ2v) is 9.47. The van der Waals surface area contributed by atoms with Crippen molar-refractivity contribution < 1.29 is 9.47 Å². The fourth-order valence-electron chi connectivity index (χ4n) is 5.01. The van der Waals surface area contributed by atoms with E-state index in [-0.39, 0.29) is 0 Å². The fourth-order valence-corrected chi connectivity index (χ4v) is 5.01. The first-order chi connectivity index (χ1) is 17.0. The third kappa shape index (κ3) is 4.46. The zero-order valence-electron chi connectivity index (χ0n) is 21.3. The summed E-state index contributed by atoms with van der Waals surface area (Å²) < 4.78 is 10.9. The van der Waals surface area contributed by atoms with E-state index in [1.165, 1.54) is 16.6 Å². The van der Waals surface area contributed by atoms with Gasteiger partial charge in [0.25, 0.3) is 0 Å². The van der Waals surface area contributed by atoms with Crippen LogP contribution in [0.3, 0.4) is 0 Å². The lowest BCUT2D eigenvalue weighted by atomic mass is 10.0. The maximum atomic E-state index is 5.50. The Morgan fingerprint density at radius 2 is 1.54 bits per heavy atom. The molecule has 0 amide bonds. The number of H-pyrrole nitrogens is 1. The van der Waals surface area contributed by atoms with Gasteiger partial charge in [-0.25, -0.2) is 0 Å². The Labute approximate surface area is 207 Å². The molecule has 1 aliphatic rings. The summed E-state index contributed by atoms with van der Waals surface area (Å²) in [5.41, 5.74) is 7.73. The monoisotopic (exact) mass is 470 g/mol. The van der Waals surface area contributed by atoms with Crippen molar-refractivity contribution in [2.75, 3.05) is 45.3 Å². The third-order valence-corrected chi connectivity index (χ3v) is 7.19. The quantitative estimate of drug-likeness (QED) is 0.389. The molecule has 1 N–H and O–H groups in total. The molecule has 1 saturated heterocycles. The van der Waals surface area contributed by atoms with Gasteiger partial charge in [-0.3, -0.25) is 9.88 Å². The molecular weight excluding hydrogens is 436 g/mol. The molecular formula is C29H34N4O2. The molecule has 4 aromatic rings. The Morgan fingerprint density at radius 1 is 0.857 bits per heavy atom. The van der Waals surface area contributed by atoms with E-state index in [9.17, 15) is 0 Å². The minimum atomic E-state index is 0.615. The van der Waals surface area contributed by atoms with E-state index in [0.717, 1.165) is 60.0 Å². The number of nitrogens with zero attached hydrogens (tertiary/aromatic N) is 3. The normalized spacial score (nSPS) is 14.6. The number of piperazine rings is 1. The molecule has 1 fully saturated rings. The van der Waals surface area contributed by atoms with Crippen LogP contribution in [0, 0.1) is 6.92 Å². The molecule has 0 unspecified atom stereocenters. The highest BCUT2D eigenvalue weighted by atomic mass is 16.5. The van der Waals surface area contributed by atoms with Gasteiger partial charge in [0.1, 0.15) is 0 Å². The number of methoxy groups -OCH3 is 2. The summed E-state index contributed by atoms with van der Waals surface area (Å²) in [6.07, 6.45) is 1.93. The highest BCUT2D eigenvalue weighted by Gasteiger charge is 2.19. The van der Waals surface area contributed by atoms with E-state index < -0.39 is 0 Å². The van der Waals surface area contributed by atoms with E-state index in [0.29, 0.717) is 11.8 Å². The van der Waals surface area contributed by atoms with Crippen LogP contribution in [-0.4, -0.2) is 61.3 Å². The Hall–Kier alpha value is -3.51. The first-order valence-corrected chi connectivity index (χ1v) is 12.3. The number of hydrogen-bond acceptors (Lipinski definition) is 5. The molecule has 0 radical (unpaired) electrons. The van der Waals surface area contributed by atoms with Crippen LogP contribution >= 0.6 is 0 Å². The van der Waals surface area contributed by atoms with Crippen LogP contribution in [0.4, 0.5) is 5.69 Å². The van der Waals surface area contributed by atoms with Crippen molar-refractivity contribution in [2.24, 2.45) is 0 Å². The number of aromatic amines is 1. The zero-order valence-corrected chi connectivity index (χ0v) is 21.3. The maximum absolute atomic E-state index is 5.50. The van der Waals surface area contributed by atoms with Crippen molar-refractivity contribution in [3.05, 3.63) is 60.3 Å². The van der Waals surface area contributed by atoms with E-state index in [2.05, 4.69) is 65.9 Å². The first kappa shape index (κ1) is 23.2. The highest BCUT2D eigenvalue weighted by Crippen LogP contribution is 2.36. The van der Waals surface area contributed by atoms with Gasteiger partial charge in [-0.15, -0.1) is 0 Å². The number of hydrogen-bond donors (Lipinski definition) is 1. The zero-order chi connectivity index (χ0) is 24.5. The number of rotatable bonds is 6. The molecule has 2 aromatic heterocycles. The van der Waals surface area contributed by atoms with Gasteiger partial charge < -0.3 is 19.4 Å². The number of fused-ring (bicyclic) bond motifs is 1. The molecule has 3 heterocycles. The van der Waals surface area contributed by atoms with Crippen molar-refractivity contribution >= 4 is 16.6 Å². The van der Waals surface area contributed by atoms with Crippen molar-refractivity contribution in [3.63, 3.8) is 0 Å². The SMILES string of the molecule is COc1ccc(-c2[nH]c3cnc(-c4ccc(N5CCN(C(C)C)CC5)cc4)cc3c2C)cc1OC. The van der Waals surface area contributed by atoms with E-state index >= 15 is 0 Å².